The van der Waals surface area contributed by atoms with Crippen LogP contribution >= 0.6 is 11.6 Å². The second kappa shape index (κ2) is 13.5. The van der Waals surface area contributed by atoms with Crippen LogP contribution in [0, 0.1) is 5.82 Å². The second-order valence-electron chi connectivity index (χ2n) is 8.73. The van der Waals surface area contributed by atoms with Gasteiger partial charge in [-0.25, -0.2) is 14.9 Å². The Kier molecular flexibility index (Phi) is 10.3. The zero-order valence-electron chi connectivity index (χ0n) is 22.3. The molecular weight excluding hydrogens is 511 g/mol. The highest BCUT2D eigenvalue weighted by atomic mass is 35.5. The number of allylic oxidation sites excluding steroid dienone is 1. The van der Waals surface area contributed by atoms with Crippen molar-refractivity contribution in [3.8, 4) is 5.75 Å². The van der Waals surface area contributed by atoms with Gasteiger partial charge in [0, 0.05) is 36.3 Å². The smallest absolute Gasteiger partial charge is 0.272 e. The first-order valence-corrected chi connectivity index (χ1v) is 13.1. The van der Waals surface area contributed by atoms with Crippen molar-refractivity contribution in [2.24, 2.45) is 11.6 Å². The fraction of sp³-hybridized carbons (Fsp3) is 0.407. The summed E-state index contributed by atoms with van der Waals surface area (Å²) in [5.74, 6) is 4.74. The molecule has 1 atom stereocenters. The Morgan fingerprint density at radius 1 is 1.26 bits per heavy atom. The molecule has 3 aromatic rings. The number of rotatable bonds is 8. The molecule has 2 aromatic carbocycles. The van der Waals surface area contributed by atoms with Gasteiger partial charge in [0.05, 0.1) is 5.70 Å². The summed E-state index contributed by atoms with van der Waals surface area (Å²) >= 11 is 5.94. The van der Waals surface area contributed by atoms with Crippen LogP contribution in [0.3, 0.4) is 0 Å². The summed E-state index contributed by atoms with van der Waals surface area (Å²) in [4.78, 5) is 13.1. The van der Waals surface area contributed by atoms with E-state index in [1.165, 1.54) is 15.8 Å². The SMILES string of the molecule is C/C(N)=C(\COc1ccc2c(C(=O)NCc3ccc(Cl)cc3)nn(C3CCCCO3)c2c1F)N(C)N.CC. The van der Waals surface area contributed by atoms with Gasteiger partial charge in [0.25, 0.3) is 5.91 Å². The van der Waals surface area contributed by atoms with Gasteiger partial charge in [0.1, 0.15) is 12.1 Å². The number of halogens is 2. The van der Waals surface area contributed by atoms with E-state index < -0.39 is 18.0 Å². The highest BCUT2D eigenvalue weighted by Crippen LogP contribution is 2.33. The molecule has 1 saturated heterocycles. The average Bonchev–Trinajstić information content (AvgIpc) is 3.31. The fourth-order valence-corrected chi connectivity index (χ4v) is 4.21. The first-order valence-electron chi connectivity index (χ1n) is 12.7. The second-order valence-corrected chi connectivity index (χ2v) is 9.16. The van der Waals surface area contributed by atoms with Gasteiger partial charge in [-0.3, -0.25) is 4.79 Å². The zero-order chi connectivity index (χ0) is 27.8. The number of hydrogen-bond donors (Lipinski definition) is 3. The maximum Gasteiger partial charge on any atom is 0.272 e. The van der Waals surface area contributed by atoms with Crippen molar-refractivity contribution >= 4 is 28.4 Å². The molecule has 0 saturated carbocycles. The van der Waals surface area contributed by atoms with Gasteiger partial charge in [-0.1, -0.05) is 37.6 Å². The van der Waals surface area contributed by atoms with Crippen LogP contribution in [0.2, 0.25) is 5.02 Å². The average molecular weight is 547 g/mol. The predicted molar refractivity (Wildman–Crippen MR) is 147 cm³/mol. The number of ether oxygens (including phenoxy) is 2. The Morgan fingerprint density at radius 2 is 1.97 bits per heavy atom. The number of nitrogens with two attached hydrogens (primary N) is 2. The highest BCUT2D eigenvalue weighted by molar-refractivity contribution is 6.30. The van der Waals surface area contributed by atoms with E-state index in [2.05, 4.69) is 10.4 Å². The van der Waals surface area contributed by atoms with E-state index in [1.807, 2.05) is 26.0 Å². The van der Waals surface area contributed by atoms with Gasteiger partial charge in [0.2, 0.25) is 0 Å². The minimum Gasteiger partial charge on any atom is -0.484 e. The Balaban J connectivity index is 0.00000195. The molecule has 1 fully saturated rings. The number of hydrazine groups is 1. The quantitative estimate of drug-likeness (QED) is 0.272. The molecule has 0 bridgehead atoms. The lowest BCUT2D eigenvalue weighted by atomic mass is 10.1. The first kappa shape index (κ1) is 29.2. The van der Waals surface area contributed by atoms with Crippen LogP contribution in [0.25, 0.3) is 10.9 Å². The number of fused-ring (bicyclic) bond motifs is 1. The number of nitrogens with zero attached hydrogens (tertiary/aromatic N) is 3. The molecule has 206 valence electrons. The van der Waals surface area contributed by atoms with E-state index in [0.717, 1.165) is 18.4 Å². The monoisotopic (exact) mass is 546 g/mol. The lowest BCUT2D eigenvalue weighted by molar-refractivity contribution is -0.0370. The molecule has 38 heavy (non-hydrogen) atoms. The Hall–Kier alpha value is -3.34. The first-order chi connectivity index (χ1) is 18.3. The van der Waals surface area contributed by atoms with Gasteiger partial charge < -0.3 is 25.5 Å². The van der Waals surface area contributed by atoms with Crippen molar-refractivity contribution in [3.05, 3.63) is 69.9 Å². The summed E-state index contributed by atoms with van der Waals surface area (Å²) in [5.41, 5.74) is 7.97. The molecule has 4 rings (SSSR count). The third-order valence-electron chi connectivity index (χ3n) is 6.03. The van der Waals surface area contributed by atoms with Gasteiger partial charge in [-0.15, -0.1) is 0 Å². The standard InChI is InChI=1S/C25H30ClFN6O3.C2H6/c1-15(28)19(32(2)29)14-36-20-11-10-18-23(25(34)30-13-16-6-8-17(26)9-7-16)31-33(24(18)22(20)27)21-5-3-4-12-35-21;1-2/h6-11,21H,3-5,12-14,28-29H2,1-2H3,(H,30,34);1-2H3/b19-15-;. The zero-order valence-corrected chi connectivity index (χ0v) is 23.0. The van der Waals surface area contributed by atoms with Gasteiger partial charge in [-0.2, -0.15) is 5.10 Å². The predicted octanol–water partition coefficient (Wildman–Crippen LogP) is 4.86. The van der Waals surface area contributed by atoms with Crippen LogP contribution in [0.1, 0.15) is 62.3 Å². The molecule has 1 unspecified atom stereocenters. The molecule has 1 aliphatic heterocycles. The normalized spacial score (nSPS) is 15.8. The number of benzene rings is 2. The third-order valence-corrected chi connectivity index (χ3v) is 6.28. The molecule has 1 amide bonds. The van der Waals surface area contributed by atoms with E-state index in [-0.39, 0.29) is 30.1 Å². The summed E-state index contributed by atoms with van der Waals surface area (Å²) in [6.45, 7) is 6.47. The Bertz CT molecular complexity index is 1270. The number of likely N-dealkylation sites (N-methyl/N-ethyl adjacent to an activating group) is 1. The van der Waals surface area contributed by atoms with Gasteiger partial charge in [-0.05, 0) is 56.0 Å². The molecule has 2 heterocycles. The lowest BCUT2D eigenvalue weighted by Gasteiger charge is -2.24. The molecule has 5 N–H and O–H groups in total. The number of amides is 1. The van der Waals surface area contributed by atoms with Crippen LogP contribution in [-0.2, 0) is 11.3 Å². The summed E-state index contributed by atoms with van der Waals surface area (Å²) < 4.78 is 28.9. The number of carbonyl (C=O) groups is 1. The van der Waals surface area contributed by atoms with E-state index in [1.54, 1.807) is 32.2 Å². The van der Waals surface area contributed by atoms with Crippen molar-refractivity contribution in [2.75, 3.05) is 20.3 Å². The molecule has 0 aliphatic carbocycles. The molecular formula is C27H36ClFN6O3. The maximum atomic E-state index is 15.8. The minimum atomic E-state index is -0.639. The van der Waals surface area contributed by atoms with Crippen molar-refractivity contribution in [2.45, 2.75) is 52.8 Å². The summed E-state index contributed by atoms with van der Waals surface area (Å²) in [5, 5.41) is 9.65. The molecule has 0 spiro atoms. The highest BCUT2D eigenvalue weighted by Gasteiger charge is 2.27. The van der Waals surface area contributed by atoms with E-state index in [9.17, 15) is 4.79 Å². The number of aromatic nitrogens is 2. The van der Waals surface area contributed by atoms with Crippen LogP contribution in [-0.4, -0.2) is 41.0 Å². The molecule has 9 nitrogen and oxygen atoms in total. The summed E-state index contributed by atoms with van der Waals surface area (Å²) in [6.07, 6.45) is 2.00. The Morgan fingerprint density at radius 3 is 2.58 bits per heavy atom. The van der Waals surface area contributed by atoms with Crippen LogP contribution in [0.4, 0.5) is 4.39 Å². The van der Waals surface area contributed by atoms with Crippen molar-refractivity contribution in [3.63, 3.8) is 0 Å². The summed E-state index contributed by atoms with van der Waals surface area (Å²) in [6, 6.07) is 10.2. The molecule has 1 aromatic heterocycles. The van der Waals surface area contributed by atoms with Crippen molar-refractivity contribution in [1.29, 1.82) is 0 Å². The fourth-order valence-electron chi connectivity index (χ4n) is 4.09. The van der Waals surface area contributed by atoms with E-state index >= 15 is 4.39 Å². The minimum absolute atomic E-state index is 0.00631. The number of nitrogens with one attached hydrogen (secondary N) is 1. The van der Waals surface area contributed by atoms with Gasteiger partial charge >= 0.3 is 0 Å². The van der Waals surface area contributed by atoms with Gasteiger partial charge in [0.15, 0.2) is 23.5 Å². The largest absolute Gasteiger partial charge is 0.484 e. The molecule has 0 radical (unpaired) electrons. The van der Waals surface area contributed by atoms with E-state index in [0.29, 0.717) is 34.8 Å². The van der Waals surface area contributed by atoms with Crippen molar-refractivity contribution < 1.29 is 18.7 Å². The topological polar surface area (TPSA) is 121 Å². The molecule has 11 heteroatoms. The van der Waals surface area contributed by atoms with Crippen molar-refractivity contribution in [1.82, 2.24) is 20.1 Å². The van der Waals surface area contributed by atoms with Crippen LogP contribution < -0.4 is 21.6 Å². The number of hydrogen-bond acceptors (Lipinski definition) is 7. The Labute approximate surface area is 227 Å². The number of carbonyl (C=O) groups excluding carboxylic acids is 1. The third kappa shape index (κ3) is 6.75. The lowest BCUT2D eigenvalue weighted by Crippen LogP contribution is -2.31. The van der Waals surface area contributed by atoms with Crippen LogP contribution in [0.5, 0.6) is 5.75 Å². The van der Waals surface area contributed by atoms with E-state index in [4.69, 9.17) is 32.7 Å². The van der Waals surface area contributed by atoms with Crippen LogP contribution in [0.15, 0.2) is 47.8 Å². The summed E-state index contributed by atoms with van der Waals surface area (Å²) in [7, 11) is 1.62. The molecule has 1 aliphatic rings. The maximum absolute atomic E-state index is 15.8.